The summed E-state index contributed by atoms with van der Waals surface area (Å²) in [5.74, 6) is 0.806. The number of aryl methyl sites for hydroxylation is 1. The van der Waals surface area contributed by atoms with E-state index in [4.69, 9.17) is 0 Å². The Labute approximate surface area is 175 Å². The van der Waals surface area contributed by atoms with Crippen LogP contribution in [0.2, 0.25) is 0 Å². The van der Waals surface area contributed by atoms with Crippen LogP contribution in [0.3, 0.4) is 0 Å². The van der Waals surface area contributed by atoms with E-state index in [1.54, 1.807) is 24.6 Å². The van der Waals surface area contributed by atoms with Gasteiger partial charge in [0.1, 0.15) is 0 Å². The molecular formula is C19H24IN5S. The molecule has 3 aromatic rings. The summed E-state index contributed by atoms with van der Waals surface area (Å²) in [4.78, 5) is 6.94. The van der Waals surface area contributed by atoms with Gasteiger partial charge < -0.3 is 10.6 Å². The van der Waals surface area contributed by atoms with Crippen LogP contribution in [0.25, 0.3) is 0 Å². The Morgan fingerprint density at radius 3 is 2.50 bits per heavy atom. The lowest BCUT2D eigenvalue weighted by atomic mass is 10.1. The Balaban J connectivity index is 0.00000243. The van der Waals surface area contributed by atoms with Gasteiger partial charge in [-0.1, -0.05) is 24.3 Å². The van der Waals surface area contributed by atoms with Crippen molar-refractivity contribution in [3.8, 4) is 0 Å². The zero-order valence-corrected chi connectivity index (χ0v) is 18.1. The molecule has 0 aliphatic carbocycles. The molecule has 0 aliphatic heterocycles. The Kier molecular flexibility index (Phi) is 8.11. The van der Waals surface area contributed by atoms with Gasteiger partial charge in [-0.05, 0) is 36.2 Å². The van der Waals surface area contributed by atoms with Crippen LogP contribution in [-0.4, -0.2) is 22.8 Å². The van der Waals surface area contributed by atoms with Gasteiger partial charge in [0.2, 0.25) is 0 Å². The molecule has 0 atom stereocenters. The van der Waals surface area contributed by atoms with Crippen LogP contribution in [0.4, 0.5) is 0 Å². The average molecular weight is 481 g/mol. The van der Waals surface area contributed by atoms with Gasteiger partial charge in [-0.25, -0.2) is 0 Å². The van der Waals surface area contributed by atoms with E-state index in [0.717, 1.165) is 25.6 Å². The largest absolute Gasteiger partial charge is 0.352 e. The highest BCUT2D eigenvalue weighted by Crippen LogP contribution is 2.14. The molecule has 5 nitrogen and oxygen atoms in total. The van der Waals surface area contributed by atoms with Crippen LogP contribution in [0.15, 0.2) is 59.9 Å². The molecule has 26 heavy (non-hydrogen) atoms. The fraction of sp³-hybridized carbons (Fsp3) is 0.263. The predicted octanol–water partition coefficient (Wildman–Crippen LogP) is 3.78. The van der Waals surface area contributed by atoms with Gasteiger partial charge in [0.05, 0.1) is 13.1 Å². The zero-order valence-electron chi connectivity index (χ0n) is 15.0. The highest BCUT2D eigenvalue weighted by molar-refractivity contribution is 14.0. The summed E-state index contributed by atoms with van der Waals surface area (Å²) in [6.45, 7) is 4.40. The number of hydrogen-bond donors (Lipinski definition) is 2. The molecule has 0 amide bonds. The van der Waals surface area contributed by atoms with Crippen molar-refractivity contribution in [2.24, 2.45) is 4.99 Å². The molecule has 7 heteroatoms. The first-order valence-corrected chi connectivity index (χ1v) is 9.10. The lowest BCUT2D eigenvalue weighted by molar-refractivity contribution is 0.677. The standard InChI is InChI=1S/C19H23N5S.HI/c1-15-8-9-18(25-15)13-22-19(20-2)21-12-16-6-3-4-7-17(16)14-24-11-5-10-23-24;/h3-11H,12-14H2,1-2H3,(H2,20,21,22);1H. The Morgan fingerprint density at radius 2 is 1.85 bits per heavy atom. The third-order valence-electron chi connectivity index (χ3n) is 3.91. The van der Waals surface area contributed by atoms with Crippen molar-refractivity contribution >= 4 is 41.3 Å². The van der Waals surface area contributed by atoms with E-state index < -0.39 is 0 Å². The fourth-order valence-electron chi connectivity index (χ4n) is 2.60. The molecule has 0 saturated heterocycles. The van der Waals surface area contributed by atoms with Crippen molar-refractivity contribution in [2.45, 2.75) is 26.6 Å². The van der Waals surface area contributed by atoms with E-state index >= 15 is 0 Å². The zero-order chi connectivity index (χ0) is 17.5. The summed E-state index contributed by atoms with van der Waals surface area (Å²) in [7, 11) is 1.80. The highest BCUT2D eigenvalue weighted by atomic mass is 127. The van der Waals surface area contributed by atoms with Crippen LogP contribution in [-0.2, 0) is 19.6 Å². The number of nitrogens with zero attached hydrogens (tertiary/aromatic N) is 3. The van der Waals surface area contributed by atoms with Crippen molar-refractivity contribution in [1.29, 1.82) is 0 Å². The number of rotatable bonds is 6. The quantitative estimate of drug-likeness (QED) is 0.320. The molecule has 2 aromatic heterocycles. The van der Waals surface area contributed by atoms with Crippen molar-refractivity contribution in [3.63, 3.8) is 0 Å². The number of halogens is 1. The number of aliphatic imine (C=N–C) groups is 1. The van der Waals surface area contributed by atoms with Gasteiger partial charge in [0.15, 0.2) is 5.96 Å². The van der Waals surface area contributed by atoms with E-state index in [1.807, 2.05) is 16.9 Å². The number of thiophene rings is 1. The van der Waals surface area contributed by atoms with Gasteiger partial charge in [0, 0.05) is 35.7 Å². The third-order valence-corrected chi connectivity index (χ3v) is 4.91. The van der Waals surface area contributed by atoms with E-state index in [1.165, 1.54) is 20.9 Å². The summed E-state index contributed by atoms with van der Waals surface area (Å²) in [6, 6.07) is 14.6. The van der Waals surface area contributed by atoms with Crippen LogP contribution in [0, 0.1) is 6.92 Å². The minimum absolute atomic E-state index is 0. The SMILES string of the molecule is CN=C(NCc1ccc(C)s1)NCc1ccccc1Cn1cccn1.I. The first kappa shape index (κ1) is 20.4. The second-order valence-corrected chi connectivity index (χ2v) is 7.14. The van der Waals surface area contributed by atoms with Crippen LogP contribution >= 0.6 is 35.3 Å². The smallest absolute Gasteiger partial charge is 0.191 e. The van der Waals surface area contributed by atoms with Crippen LogP contribution in [0.5, 0.6) is 0 Å². The van der Waals surface area contributed by atoms with Gasteiger partial charge in [-0.15, -0.1) is 35.3 Å². The van der Waals surface area contributed by atoms with Gasteiger partial charge in [-0.3, -0.25) is 9.67 Å². The second kappa shape index (κ2) is 10.3. The van der Waals surface area contributed by atoms with E-state index in [0.29, 0.717) is 0 Å². The third kappa shape index (κ3) is 5.84. The van der Waals surface area contributed by atoms with Gasteiger partial charge in [0.25, 0.3) is 0 Å². The number of nitrogens with one attached hydrogen (secondary N) is 2. The first-order valence-electron chi connectivity index (χ1n) is 8.28. The second-order valence-electron chi connectivity index (χ2n) is 5.76. The average Bonchev–Trinajstić information content (AvgIpc) is 3.28. The lowest BCUT2D eigenvalue weighted by Gasteiger charge is -2.14. The van der Waals surface area contributed by atoms with Crippen LogP contribution in [0.1, 0.15) is 20.9 Å². The molecule has 3 rings (SSSR count). The van der Waals surface area contributed by atoms with Crippen molar-refractivity contribution < 1.29 is 0 Å². The van der Waals surface area contributed by atoms with Gasteiger partial charge >= 0.3 is 0 Å². The fourth-order valence-corrected chi connectivity index (χ4v) is 3.43. The molecule has 0 unspecified atom stereocenters. The minimum Gasteiger partial charge on any atom is -0.352 e. The number of aromatic nitrogens is 2. The number of benzene rings is 1. The molecule has 0 spiro atoms. The lowest BCUT2D eigenvalue weighted by Crippen LogP contribution is -2.36. The van der Waals surface area contributed by atoms with Crippen molar-refractivity contribution in [2.75, 3.05) is 7.05 Å². The molecule has 138 valence electrons. The van der Waals surface area contributed by atoms with Crippen LogP contribution < -0.4 is 10.6 Å². The maximum Gasteiger partial charge on any atom is 0.191 e. The minimum atomic E-state index is 0. The number of guanidine groups is 1. The summed E-state index contributed by atoms with van der Waals surface area (Å²) < 4.78 is 1.94. The normalized spacial score (nSPS) is 11.1. The molecule has 2 heterocycles. The predicted molar refractivity (Wildman–Crippen MR) is 119 cm³/mol. The summed E-state index contributed by atoms with van der Waals surface area (Å²) >= 11 is 1.80. The van der Waals surface area contributed by atoms with E-state index in [-0.39, 0.29) is 24.0 Å². The maximum atomic E-state index is 4.31. The van der Waals surface area contributed by atoms with Crippen molar-refractivity contribution in [1.82, 2.24) is 20.4 Å². The Bertz CT molecular complexity index is 826. The summed E-state index contributed by atoms with van der Waals surface area (Å²) in [5, 5.41) is 11.1. The first-order chi connectivity index (χ1) is 12.2. The number of hydrogen-bond acceptors (Lipinski definition) is 3. The summed E-state index contributed by atoms with van der Waals surface area (Å²) in [5.41, 5.74) is 2.50. The summed E-state index contributed by atoms with van der Waals surface area (Å²) in [6.07, 6.45) is 3.78. The topological polar surface area (TPSA) is 54.2 Å². The molecule has 0 bridgehead atoms. The monoisotopic (exact) mass is 481 g/mol. The molecule has 2 N–H and O–H groups in total. The van der Waals surface area contributed by atoms with Gasteiger partial charge in [-0.2, -0.15) is 5.10 Å². The molecule has 0 aliphatic rings. The highest BCUT2D eigenvalue weighted by Gasteiger charge is 2.05. The Hall–Kier alpha value is -1.87. The molecule has 1 aromatic carbocycles. The molecule has 0 fully saturated rings. The molecule has 0 radical (unpaired) electrons. The van der Waals surface area contributed by atoms with E-state index in [2.05, 4.69) is 64.0 Å². The van der Waals surface area contributed by atoms with E-state index in [9.17, 15) is 0 Å². The Morgan fingerprint density at radius 1 is 1.08 bits per heavy atom. The maximum absolute atomic E-state index is 4.31. The molecule has 0 saturated carbocycles. The molecular weight excluding hydrogens is 457 g/mol. The van der Waals surface area contributed by atoms with Crippen molar-refractivity contribution in [3.05, 3.63) is 75.7 Å².